The highest BCUT2D eigenvalue weighted by atomic mass is 19.2. The third-order valence-corrected chi connectivity index (χ3v) is 3.38. The number of halogens is 3. The highest BCUT2D eigenvalue weighted by molar-refractivity contribution is 5.31. The summed E-state index contributed by atoms with van der Waals surface area (Å²) in [6, 6.07) is 1.96. The van der Waals surface area contributed by atoms with Gasteiger partial charge >= 0.3 is 0 Å². The molecule has 0 fully saturated rings. The molecular weight excluding hydrogens is 251 g/mol. The van der Waals surface area contributed by atoms with Crippen molar-refractivity contribution in [3.63, 3.8) is 0 Å². The van der Waals surface area contributed by atoms with Gasteiger partial charge in [-0.2, -0.15) is 0 Å². The minimum atomic E-state index is -1.40. The van der Waals surface area contributed by atoms with E-state index in [0.717, 1.165) is 49.9 Å². The maximum absolute atomic E-state index is 13.3. The molecular formula is C15H18F3N. The molecule has 1 aliphatic carbocycles. The predicted molar refractivity (Wildman–Crippen MR) is 69.3 cm³/mol. The lowest BCUT2D eigenvalue weighted by Crippen LogP contribution is -2.24. The quantitative estimate of drug-likeness (QED) is 0.622. The van der Waals surface area contributed by atoms with E-state index in [1.54, 1.807) is 0 Å². The molecule has 0 bridgehead atoms. The molecule has 0 heterocycles. The number of hydrogen-bond acceptors (Lipinski definition) is 1. The summed E-state index contributed by atoms with van der Waals surface area (Å²) < 4.78 is 39.7. The summed E-state index contributed by atoms with van der Waals surface area (Å²) in [5, 5.41) is 3.28. The topological polar surface area (TPSA) is 12.0 Å². The Balaban J connectivity index is 2.31. The molecule has 1 aliphatic rings. The van der Waals surface area contributed by atoms with Crippen molar-refractivity contribution in [3.05, 3.63) is 46.8 Å². The van der Waals surface area contributed by atoms with Crippen LogP contribution in [0.3, 0.4) is 0 Å². The SMILES string of the molecule is CCCNC(C1=CCCC1)c1cc(F)c(F)c(F)c1. The predicted octanol–water partition coefficient (Wildman–Crippen LogP) is 4.25. The Morgan fingerprint density at radius 3 is 2.42 bits per heavy atom. The standard InChI is InChI=1S/C15H18F3N/c1-2-7-19-15(10-5-3-4-6-10)11-8-12(16)14(18)13(17)9-11/h5,8-9,15,19H,2-4,6-7H2,1H3. The molecule has 1 nitrogen and oxygen atoms in total. The summed E-state index contributed by atoms with van der Waals surface area (Å²) in [7, 11) is 0. The minimum absolute atomic E-state index is 0.216. The molecule has 0 spiro atoms. The zero-order valence-corrected chi connectivity index (χ0v) is 11.0. The summed E-state index contributed by atoms with van der Waals surface area (Å²) in [5.74, 6) is -3.66. The smallest absolute Gasteiger partial charge is 0.194 e. The maximum Gasteiger partial charge on any atom is 0.194 e. The van der Waals surface area contributed by atoms with E-state index in [1.807, 2.05) is 6.92 Å². The van der Waals surface area contributed by atoms with Gasteiger partial charge in [-0.3, -0.25) is 0 Å². The van der Waals surface area contributed by atoms with Gasteiger partial charge in [-0.25, -0.2) is 13.2 Å². The monoisotopic (exact) mass is 269 g/mol. The van der Waals surface area contributed by atoms with E-state index in [9.17, 15) is 13.2 Å². The first kappa shape index (κ1) is 14.1. The number of hydrogen-bond donors (Lipinski definition) is 1. The molecule has 0 saturated carbocycles. The number of benzene rings is 1. The van der Waals surface area contributed by atoms with Crippen molar-refractivity contribution in [2.45, 2.75) is 38.6 Å². The average Bonchev–Trinajstić information content (AvgIpc) is 2.90. The van der Waals surface area contributed by atoms with Crippen LogP contribution >= 0.6 is 0 Å². The van der Waals surface area contributed by atoms with Gasteiger partial charge in [0.1, 0.15) is 0 Å². The molecule has 104 valence electrons. The first-order valence-electron chi connectivity index (χ1n) is 6.70. The lowest BCUT2D eigenvalue weighted by molar-refractivity contribution is 0.441. The van der Waals surface area contributed by atoms with E-state index in [2.05, 4.69) is 11.4 Å². The molecule has 1 aromatic rings. The summed E-state index contributed by atoms with van der Waals surface area (Å²) in [6.45, 7) is 2.78. The molecule has 1 aromatic carbocycles. The van der Waals surface area contributed by atoms with Crippen molar-refractivity contribution in [1.82, 2.24) is 5.32 Å². The average molecular weight is 269 g/mol. The molecule has 0 saturated heterocycles. The summed E-state index contributed by atoms with van der Waals surface area (Å²) in [4.78, 5) is 0. The van der Waals surface area contributed by atoms with Crippen molar-refractivity contribution >= 4 is 0 Å². The van der Waals surface area contributed by atoms with E-state index in [4.69, 9.17) is 0 Å². The Bertz CT molecular complexity index is 459. The molecule has 19 heavy (non-hydrogen) atoms. The van der Waals surface area contributed by atoms with Gasteiger partial charge in [0, 0.05) is 0 Å². The van der Waals surface area contributed by atoms with E-state index < -0.39 is 17.5 Å². The fraction of sp³-hybridized carbons (Fsp3) is 0.467. The zero-order chi connectivity index (χ0) is 13.8. The van der Waals surface area contributed by atoms with Crippen LogP contribution in [0.1, 0.15) is 44.2 Å². The van der Waals surface area contributed by atoms with Gasteiger partial charge in [-0.05, 0) is 49.9 Å². The Morgan fingerprint density at radius 1 is 1.21 bits per heavy atom. The van der Waals surface area contributed by atoms with Gasteiger partial charge in [-0.15, -0.1) is 0 Å². The molecule has 2 rings (SSSR count). The van der Waals surface area contributed by atoms with E-state index in [-0.39, 0.29) is 6.04 Å². The highest BCUT2D eigenvalue weighted by Gasteiger charge is 2.21. The van der Waals surface area contributed by atoms with Crippen LogP contribution in [0.15, 0.2) is 23.8 Å². The van der Waals surface area contributed by atoms with Crippen LogP contribution < -0.4 is 5.32 Å². The fourth-order valence-corrected chi connectivity index (χ4v) is 2.45. The molecule has 1 unspecified atom stereocenters. The number of nitrogens with one attached hydrogen (secondary N) is 1. The Kier molecular flexibility index (Phi) is 4.64. The van der Waals surface area contributed by atoms with Gasteiger partial charge in [0.15, 0.2) is 17.5 Å². The van der Waals surface area contributed by atoms with Crippen molar-refractivity contribution in [3.8, 4) is 0 Å². The first-order valence-corrected chi connectivity index (χ1v) is 6.70. The van der Waals surface area contributed by atoms with Crippen LogP contribution in [-0.2, 0) is 0 Å². The minimum Gasteiger partial charge on any atom is -0.307 e. The van der Waals surface area contributed by atoms with Gasteiger partial charge in [-0.1, -0.05) is 18.6 Å². The second-order valence-corrected chi connectivity index (χ2v) is 4.86. The second-order valence-electron chi connectivity index (χ2n) is 4.86. The molecule has 0 amide bonds. The van der Waals surface area contributed by atoms with Crippen molar-refractivity contribution < 1.29 is 13.2 Å². The van der Waals surface area contributed by atoms with Crippen LogP contribution in [0, 0.1) is 17.5 Å². The van der Waals surface area contributed by atoms with Crippen LogP contribution in [0.2, 0.25) is 0 Å². The summed E-state index contributed by atoms with van der Waals surface area (Å²) in [5.41, 5.74) is 1.59. The van der Waals surface area contributed by atoms with E-state index in [0.29, 0.717) is 5.56 Å². The van der Waals surface area contributed by atoms with Crippen LogP contribution in [0.4, 0.5) is 13.2 Å². The van der Waals surface area contributed by atoms with Crippen LogP contribution in [-0.4, -0.2) is 6.54 Å². The van der Waals surface area contributed by atoms with E-state index >= 15 is 0 Å². The summed E-state index contributed by atoms with van der Waals surface area (Å²) >= 11 is 0. The van der Waals surface area contributed by atoms with Gasteiger partial charge in [0.2, 0.25) is 0 Å². The normalized spacial score (nSPS) is 16.5. The molecule has 0 radical (unpaired) electrons. The fourth-order valence-electron chi connectivity index (χ4n) is 2.45. The van der Waals surface area contributed by atoms with Crippen LogP contribution in [0.5, 0.6) is 0 Å². The summed E-state index contributed by atoms with van der Waals surface area (Å²) in [6.07, 6.45) is 6.00. The largest absolute Gasteiger partial charge is 0.307 e. The number of rotatable bonds is 5. The second kappa shape index (κ2) is 6.24. The molecule has 4 heteroatoms. The van der Waals surface area contributed by atoms with Crippen molar-refractivity contribution in [2.75, 3.05) is 6.54 Å². The Labute approximate surface area is 111 Å². The molecule has 1 atom stereocenters. The molecule has 1 N–H and O–H groups in total. The van der Waals surface area contributed by atoms with Crippen molar-refractivity contribution in [2.24, 2.45) is 0 Å². The van der Waals surface area contributed by atoms with E-state index in [1.165, 1.54) is 0 Å². The first-order chi connectivity index (χ1) is 9.13. The lowest BCUT2D eigenvalue weighted by Gasteiger charge is -2.21. The number of allylic oxidation sites excluding steroid dienone is 1. The zero-order valence-electron chi connectivity index (χ0n) is 11.0. The maximum atomic E-state index is 13.3. The highest BCUT2D eigenvalue weighted by Crippen LogP contribution is 2.31. The van der Waals surface area contributed by atoms with Crippen molar-refractivity contribution in [1.29, 1.82) is 0 Å². The Hall–Kier alpha value is -1.29. The van der Waals surface area contributed by atoms with Gasteiger partial charge < -0.3 is 5.32 Å². The van der Waals surface area contributed by atoms with Gasteiger partial charge in [0.25, 0.3) is 0 Å². The molecule has 0 aliphatic heterocycles. The molecule has 0 aromatic heterocycles. The third kappa shape index (κ3) is 3.18. The third-order valence-electron chi connectivity index (χ3n) is 3.38. The van der Waals surface area contributed by atoms with Crippen LogP contribution in [0.25, 0.3) is 0 Å². The lowest BCUT2D eigenvalue weighted by atomic mass is 9.97. The van der Waals surface area contributed by atoms with Gasteiger partial charge in [0.05, 0.1) is 6.04 Å². The Morgan fingerprint density at radius 2 is 1.89 bits per heavy atom.